The number of aromatic nitrogens is 3. The van der Waals surface area contributed by atoms with Gasteiger partial charge in [-0.25, -0.2) is 4.68 Å². The molecule has 100 valence electrons. The van der Waals surface area contributed by atoms with E-state index in [0.717, 1.165) is 11.3 Å². The molecular weight excluding hydrogens is 252 g/mol. The molecule has 0 bridgehead atoms. The van der Waals surface area contributed by atoms with E-state index >= 15 is 0 Å². The molecular formula is C15H14N4O. The van der Waals surface area contributed by atoms with Crippen LogP contribution in [0.4, 0.5) is 5.69 Å². The van der Waals surface area contributed by atoms with Gasteiger partial charge in [-0.15, -0.1) is 10.2 Å². The number of hydrogen-bond acceptors (Lipinski definition) is 4. The Kier molecular flexibility index (Phi) is 3.33. The second-order valence-electron chi connectivity index (χ2n) is 4.40. The molecule has 0 aliphatic rings. The summed E-state index contributed by atoms with van der Waals surface area (Å²) in [6.07, 6.45) is 3.32. The zero-order valence-electron chi connectivity index (χ0n) is 10.8. The van der Waals surface area contributed by atoms with Crippen LogP contribution in [0.2, 0.25) is 0 Å². The minimum absolute atomic E-state index is 0.268. The molecule has 20 heavy (non-hydrogen) atoms. The van der Waals surface area contributed by atoms with Crippen molar-refractivity contribution in [1.82, 2.24) is 14.9 Å². The number of aromatic hydroxyl groups is 1. The topological polar surface area (TPSA) is 54.2 Å². The smallest absolute Gasteiger partial charge is 0.139 e. The third-order valence-corrected chi connectivity index (χ3v) is 3.01. The lowest BCUT2D eigenvalue weighted by Crippen LogP contribution is -2.27. The van der Waals surface area contributed by atoms with Crippen molar-refractivity contribution in [1.29, 1.82) is 0 Å². The summed E-state index contributed by atoms with van der Waals surface area (Å²) in [6.45, 7) is 0.655. The molecule has 1 N–H and O–H groups in total. The predicted molar refractivity (Wildman–Crippen MR) is 76.2 cm³/mol. The standard InChI is InChI=1S/C15H14N4O/c20-15-8-6-13(7-9-15)10-19(18-11-16-17-12-18)14-4-2-1-3-5-14/h1-9,11-12,20H,10H2. The summed E-state index contributed by atoms with van der Waals surface area (Å²) in [5, 5.41) is 19.1. The number of para-hydroxylation sites is 1. The molecule has 0 amide bonds. The van der Waals surface area contributed by atoms with Gasteiger partial charge in [0.1, 0.15) is 18.4 Å². The van der Waals surface area contributed by atoms with Gasteiger partial charge in [0, 0.05) is 0 Å². The SMILES string of the molecule is Oc1ccc(CN(c2ccccc2)n2cnnc2)cc1. The van der Waals surface area contributed by atoms with Gasteiger partial charge in [0.05, 0.1) is 12.2 Å². The first kappa shape index (κ1) is 12.2. The summed E-state index contributed by atoms with van der Waals surface area (Å²) in [6, 6.07) is 17.2. The van der Waals surface area contributed by atoms with Crippen LogP contribution < -0.4 is 5.01 Å². The van der Waals surface area contributed by atoms with Crippen LogP contribution in [0.25, 0.3) is 0 Å². The molecule has 1 aromatic heterocycles. The Morgan fingerprint density at radius 1 is 0.900 bits per heavy atom. The van der Waals surface area contributed by atoms with Gasteiger partial charge in [-0.1, -0.05) is 30.3 Å². The molecule has 0 spiro atoms. The molecule has 5 heteroatoms. The molecule has 5 nitrogen and oxygen atoms in total. The number of rotatable bonds is 4. The van der Waals surface area contributed by atoms with Crippen molar-refractivity contribution in [2.24, 2.45) is 0 Å². The van der Waals surface area contributed by atoms with Crippen molar-refractivity contribution in [3.05, 3.63) is 72.8 Å². The number of phenolic OH excluding ortho intramolecular Hbond substituents is 1. The molecule has 0 saturated carbocycles. The van der Waals surface area contributed by atoms with Crippen LogP contribution in [-0.4, -0.2) is 20.0 Å². The Hall–Kier alpha value is -2.82. The average Bonchev–Trinajstić information content (AvgIpc) is 3.01. The van der Waals surface area contributed by atoms with E-state index in [-0.39, 0.29) is 5.75 Å². The molecule has 2 aromatic carbocycles. The van der Waals surface area contributed by atoms with Crippen LogP contribution in [-0.2, 0) is 6.54 Å². The van der Waals surface area contributed by atoms with E-state index in [1.165, 1.54) is 0 Å². The highest BCUT2D eigenvalue weighted by atomic mass is 16.3. The molecule has 3 rings (SSSR count). The Balaban J connectivity index is 1.92. The maximum atomic E-state index is 9.35. The van der Waals surface area contributed by atoms with Crippen molar-refractivity contribution in [2.75, 3.05) is 5.01 Å². The number of hydrogen-bond donors (Lipinski definition) is 1. The van der Waals surface area contributed by atoms with E-state index in [4.69, 9.17) is 0 Å². The Morgan fingerprint density at radius 2 is 1.55 bits per heavy atom. The maximum absolute atomic E-state index is 9.35. The minimum atomic E-state index is 0.268. The largest absolute Gasteiger partial charge is 0.508 e. The summed E-state index contributed by atoms with van der Waals surface area (Å²) >= 11 is 0. The quantitative estimate of drug-likeness (QED) is 0.788. The van der Waals surface area contributed by atoms with Crippen molar-refractivity contribution in [3.8, 4) is 5.75 Å². The van der Waals surface area contributed by atoms with E-state index in [1.54, 1.807) is 24.8 Å². The van der Waals surface area contributed by atoms with Crippen LogP contribution in [0.1, 0.15) is 5.56 Å². The van der Waals surface area contributed by atoms with Crippen LogP contribution in [0.5, 0.6) is 5.75 Å². The Labute approximate surface area is 116 Å². The minimum Gasteiger partial charge on any atom is -0.508 e. The first-order chi connectivity index (χ1) is 9.83. The first-order valence-electron chi connectivity index (χ1n) is 6.28. The van der Waals surface area contributed by atoms with Gasteiger partial charge < -0.3 is 5.11 Å². The van der Waals surface area contributed by atoms with Gasteiger partial charge in [0.15, 0.2) is 0 Å². The van der Waals surface area contributed by atoms with E-state index in [0.29, 0.717) is 6.54 Å². The fourth-order valence-electron chi connectivity index (χ4n) is 2.00. The number of anilines is 1. The molecule has 0 atom stereocenters. The number of nitrogens with zero attached hydrogens (tertiary/aromatic N) is 4. The van der Waals surface area contributed by atoms with Gasteiger partial charge in [-0.2, -0.15) is 0 Å². The van der Waals surface area contributed by atoms with E-state index in [1.807, 2.05) is 52.1 Å². The van der Waals surface area contributed by atoms with Crippen molar-refractivity contribution in [2.45, 2.75) is 6.54 Å². The molecule has 3 aromatic rings. The molecule has 0 unspecified atom stereocenters. The third kappa shape index (κ3) is 2.61. The summed E-state index contributed by atoms with van der Waals surface area (Å²) < 4.78 is 1.84. The number of benzene rings is 2. The molecule has 0 aliphatic heterocycles. The highest BCUT2D eigenvalue weighted by molar-refractivity contribution is 5.46. The highest BCUT2D eigenvalue weighted by Crippen LogP contribution is 2.18. The van der Waals surface area contributed by atoms with Gasteiger partial charge in [0.25, 0.3) is 0 Å². The summed E-state index contributed by atoms with van der Waals surface area (Å²) in [5.41, 5.74) is 2.13. The predicted octanol–water partition coefficient (Wildman–Crippen LogP) is 2.45. The zero-order chi connectivity index (χ0) is 13.8. The van der Waals surface area contributed by atoms with Gasteiger partial charge >= 0.3 is 0 Å². The lowest BCUT2D eigenvalue weighted by molar-refractivity contribution is 0.475. The normalized spacial score (nSPS) is 10.4. The fraction of sp³-hybridized carbons (Fsp3) is 0.0667. The molecule has 0 saturated heterocycles. The second kappa shape index (κ2) is 5.44. The lowest BCUT2D eigenvalue weighted by Gasteiger charge is -2.24. The van der Waals surface area contributed by atoms with Crippen LogP contribution in [0.3, 0.4) is 0 Å². The van der Waals surface area contributed by atoms with Crippen molar-refractivity contribution >= 4 is 5.69 Å². The molecule has 0 aliphatic carbocycles. The maximum Gasteiger partial charge on any atom is 0.139 e. The van der Waals surface area contributed by atoms with Gasteiger partial charge in [-0.3, -0.25) is 5.01 Å². The Bertz CT molecular complexity index is 650. The van der Waals surface area contributed by atoms with E-state index in [9.17, 15) is 5.11 Å². The highest BCUT2D eigenvalue weighted by Gasteiger charge is 2.09. The first-order valence-corrected chi connectivity index (χ1v) is 6.28. The second-order valence-corrected chi connectivity index (χ2v) is 4.40. The zero-order valence-corrected chi connectivity index (χ0v) is 10.8. The van der Waals surface area contributed by atoms with E-state index < -0.39 is 0 Å². The van der Waals surface area contributed by atoms with Gasteiger partial charge in [-0.05, 0) is 29.8 Å². The molecule has 0 fully saturated rings. The lowest BCUT2D eigenvalue weighted by atomic mass is 10.2. The summed E-state index contributed by atoms with van der Waals surface area (Å²) in [4.78, 5) is 0. The molecule has 0 radical (unpaired) electrons. The van der Waals surface area contributed by atoms with Crippen molar-refractivity contribution < 1.29 is 5.11 Å². The fourth-order valence-corrected chi connectivity index (χ4v) is 2.00. The third-order valence-electron chi connectivity index (χ3n) is 3.01. The number of phenols is 1. The van der Waals surface area contributed by atoms with Crippen LogP contribution in [0.15, 0.2) is 67.3 Å². The monoisotopic (exact) mass is 266 g/mol. The van der Waals surface area contributed by atoms with Crippen LogP contribution >= 0.6 is 0 Å². The molecule has 1 heterocycles. The average molecular weight is 266 g/mol. The summed E-state index contributed by atoms with van der Waals surface area (Å²) in [7, 11) is 0. The van der Waals surface area contributed by atoms with Crippen molar-refractivity contribution in [3.63, 3.8) is 0 Å². The van der Waals surface area contributed by atoms with Gasteiger partial charge in [0.2, 0.25) is 0 Å². The van der Waals surface area contributed by atoms with E-state index in [2.05, 4.69) is 10.2 Å². The van der Waals surface area contributed by atoms with Crippen LogP contribution in [0, 0.1) is 0 Å². The summed E-state index contributed by atoms with van der Waals surface area (Å²) in [5.74, 6) is 0.268. The Morgan fingerprint density at radius 3 is 2.20 bits per heavy atom.